The molecule has 12 N–H and O–H groups in total. The zero-order valence-electron chi connectivity index (χ0n) is 37.9. The van der Waals surface area contributed by atoms with E-state index in [2.05, 4.69) is 31.9 Å². The first kappa shape index (κ1) is 54.8. The molecule has 1 heterocycles. The lowest BCUT2D eigenvalue weighted by Gasteiger charge is -2.18. The molecule has 3 atom stereocenters. The molecule has 0 fully saturated rings. The number of anilines is 1. The van der Waals surface area contributed by atoms with Gasteiger partial charge < -0.3 is 67.0 Å². The Morgan fingerprint density at radius 3 is 1.79 bits per heavy atom. The van der Waals surface area contributed by atoms with Crippen LogP contribution in [0.4, 0.5) is 10.5 Å². The van der Waals surface area contributed by atoms with Crippen molar-refractivity contribution in [3.63, 3.8) is 0 Å². The number of unbranched alkanes of at least 4 members (excludes halogenated alkanes) is 5. The first-order valence-corrected chi connectivity index (χ1v) is 22.9. The number of amides is 4. The average molecular weight is 993 g/mol. The number of fused-ring (bicyclic) bond motifs is 2. The molecule has 0 spiro atoms. The number of carbonyl (C=O) groups excluding carboxylic acids is 3. The molecule has 1 aliphatic carbocycles. The maximum absolute atomic E-state index is 12.6. The van der Waals surface area contributed by atoms with Crippen LogP contribution >= 0.6 is 12.2 Å². The minimum atomic E-state index is -1.52. The van der Waals surface area contributed by atoms with Crippen LogP contribution in [0.2, 0.25) is 0 Å². The predicted octanol–water partition coefficient (Wildman–Crippen LogP) is 4.69. The maximum Gasteiger partial charge on any atom is 0.336 e. The Morgan fingerprint density at radius 2 is 1.17 bits per heavy atom. The Balaban J connectivity index is 1.10. The molecule has 22 nitrogen and oxygen atoms in total. The maximum atomic E-state index is 12.6. The molecular weight excluding hydrogens is 937 g/mol. The van der Waals surface area contributed by atoms with Gasteiger partial charge in [-0.05, 0) is 112 Å². The van der Waals surface area contributed by atoms with Gasteiger partial charge in [0.1, 0.15) is 35.2 Å². The fraction of sp³-hybridized carbons (Fsp3) is 0.404. The van der Waals surface area contributed by atoms with E-state index in [9.17, 15) is 68.7 Å². The summed E-state index contributed by atoms with van der Waals surface area (Å²) in [5.41, 5.74) is 1.57. The Bertz CT molecular complexity index is 2580. The first-order chi connectivity index (χ1) is 33.3. The molecule has 2 aromatic rings. The van der Waals surface area contributed by atoms with E-state index < -0.39 is 66.3 Å². The van der Waals surface area contributed by atoms with Gasteiger partial charge in [-0.2, -0.15) is 0 Å². The van der Waals surface area contributed by atoms with Crippen LogP contribution in [0.15, 0.2) is 63.8 Å². The number of phenols is 1. The summed E-state index contributed by atoms with van der Waals surface area (Å²) in [6, 6.07) is 8.25. The summed E-state index contributed by atoms with van der Waals surface area (Å²) in [5.74, 6) is -6.97. The third-order valence-electron chi connectivity index (χ3n) is 10.9. The van der Waals surface area contributed by atoms with E-state index in [0.29, 0.717) is 85.7 Å². The second kappa shape index (κ2) is 27.2. The Kier molecular flexibility index (Phi) is 21.3. The topological polar surface area (TPSA) is 360 Å². The molecule has 70 heavy (non-hydrogen) atoms. The SMILES string of the molecule is O=C(O)CCC(NC(=O)NC(CCCCNC(=O)CCCCCCC(=O)NC(CCCCNC(=S)Nc1ccc(-c2c3ccc(=O)cc-3oc3cc(O)ccc23)c(C(=O)O)c1)C(=O)O)C(=O)O)C(=O)O. The number of rotatable bonds is 29. The number of aliphatic carboxylic acids is 4. The number of hydrogen-bond acceptors (Lipinski definition) is 12. The van der Waals surface area contributed by atoms with Crippen molar-refractivity contribution in [3.8, 4) is 28.2 Å². The summed E-state index contributed by atoms with van der Waals surface area (Å²) in [6.45, 7) is 0.596. The summed E-state index contributed by atoms with van der Waals surface area (Å²) in [4.78, 5) is 107. The molecule has 3 unspecified atom stereocenters. The van der Waals surface area contributed by atoms with Crippen molar-refractivity contribution < 1.29 is 73.4 Å². The van der Waals surface area contributed by atoms with Crippen LogP contribution in [-0.4, -0.2) is 115 Å². The molecule has 4 rings (SSSR count). The number of hydrogen-bond donors (Lipinski definition) is 12. The lowest BCUT2D eigenvalue weighted by atomic mass is 9.90. The van der Waals surface area contributed by atoms with Crippen LogP contribution in [0.25, 0.3) is 33.4 Å². The van der Waals surface area contributed by atoms with Gasteiger partial charge in [0.2, 0.25) is 11.8 Å². The number of benzene rings is 3. The second-order valence-electron chi connectivity index (χ2n) is 16.3. The van der Waals surface area contributed by atoms with Crippen LogP contribution in [0.3, 0.4) is 0 Å². The summed E-state index contributed by atoms with van der Waals surface area (Å²) < 4.78 is 5.88. The minimum absolute atomic E-state index is 0.00954. The molecule has 2 aromatic carbocycles. The first-order valence-electron chi connectivity index (χ1n) is 22.5. The van der Waals surface area contributed by atoms with E-state index in [0.717, 1.165) is 0 Å². The van der Waals surface area contributed by atoms with Crippen molar-refractivity contribution in [3.05, 3.63) is 70.4 Å². The highest BCUT2D eigenvalue weighted by Crippen LogP contribution is 2.42. The van der Waals surface area contributed by atoms with Crippen LogP contribution < -0.4 is 37.3 Å². The van der Waals surface area contributed by atoms with Gasteiger partial charge in [0.05, 0.1) is 5.56 Å². The van der Waals surface area contributed by atoms with Gasteiger partial charge in [0.25, 0.3) is 0 Å². The third kappa shape index (κ3) is 17.7. The molecule has 0 radical (unpaired) electrons. The molecule has 0 bridgehead atoms. The molecule has 376 valence electrons. The van der Waals surface area contributed by atoms with E-state index in [-0.39, 0.29) is 77.8 Å². The summed E-state index contributed by atoms with van der Waals surface area (Å²) in [7, 11) is 0. The molecule has 2 aliphatic rings. The monoisotopic (exact) mass is 992 g/mol. The quantitative estimate of drug-likeness (QED) is 0.0199. The molecular formula is C47H56N6O16S. The Morgan fingerprint density at radius 1 is 0.586 bits per heavy atom. The van der Waals surface area contributed by atoms with E-state index in [4.69, 9.17) is 21.7 Å². The summed E-state index contributed by atoms with van der Waals surface area (Å²) in [5, 5.41) is 73.5. The van der Waals surface area contributed by atoms with E-state index in [1.54, 1.807) is 24.3 Å². The molecule has 0 saturated heterocycles. The fourth-order valence-electron chi connectivity index (χ4n) is 7.40. The number of carboxylic acids is 5. The molecule has 0 saturated carbocycles. The number of urea groups is 1. The second-order valence-corrected chi connectivity index (χ2v) is 16.7. The van der Waals surface area contributed by atoms with Crippen LogP contribution in [-0.2, 0) is 28.8 Å². The van der Waals surface area contributed by atoms with Crippen molar-refractivity contribution >= 4 is 81.7 Å². The standard InChI is InChI=1S/C47H56N6O16S/c54-27-14-17-30-36(24-27)69-37-25-28(55)15-18-31(37)41(30)29-16-13-26(23-32(29)42(60)61)50-47(70)49-22-8-6-9-33(43(62)63)51-39(57)12-4-2-1-3-11-38(56)48-21-7-5-10-34(44(64)65)52-46(68)53-35(45(66)67)19-20-40(58)59/h13-18,23-25,33-35,54H,1-12,19-22H2,(H,48,56)(H,51,57)(H,58,59)(H,60,61)(H,62,63)(H,64,65)(H,66,67)(H2,49,50,70)(H2,52,53,68). The van der Waals surface area contributed by atoms with Crippen molar-refractivity contribution in [1.82, 2.24) is 26.6 Å². The molecule has 23 heteroatoms. The number of thiocarbonyl (C=S) groups is 1. The number of carboxylic acid groups (broad SMARTS) is 5. The lowest BCUT2D eigenvalue weighted by Crippen LogP contribution is -2.51. The lowest BCUT2D eigenvalue weighted by molar-refractivity contribution is -0.142. The highest BCUT2D eigenvalue weighted by molar-refractivity contribution is 7.80. The van der Waals surface area contributed by atoms with Gasteiger partial charge in [-0.1, -0.05) is 18.9 Å². The third-order valence-corrected chi connectivity index (χ3v) is 11.2. The minimum Gasteiger partial charge on any atom is -0.508 e. The largest absolute Gasteiger partial charge is 0.508 e. The summed E-state index contributed by atoms with van der Waals surface area (Å²) in [6.07, 6.45) is 3.47. The number of phenolic OH excluding ortho intramolecular Hbond substituents is 1. The molecule has 0 aromatic heterocycles. The highest BCUT2D eigenvalue weighted by Gasteiger charge is 2.26. The summed E-state index contributed by atoms with van der Waals surface area (Å²) >= 11 is 5.42. The number of aromatic hydroxyl groups is 1. The van der Waals surface area contributed by atoms with Crippen LogP contribution in [0, 0.1) is 0 Å². The Hall–Kier alpha value is -7.82. The predicted molar refractivity (Wildman–Crippen MR) is 257 cm³/mol. The van der Waals surface area contributed by atoms with Crippen LogP contribution in [0.5, 0.6) is 5.75 Å². The van der Waals surface area contributed by atoms with Crippen molar-refractivity contribution in [1.29, 1.82) is 0 Å². The van der Waals surface area contributed by atoms with Gasteiger partial charge in [0.15, 0.2) is 10.5 Å². The highest BCUT2D eigenvalue weighted by atomic mass is 32.1. The Labute approximate surface area is 405 Å². The zero-order chi connectivity index (χ0) is 51.3. The van der Waals surface area contributed by atoms with Crippen molar-refractivity contribution in [2.75, 3.05) is 18.4 Å². The van der Waals surface area contributed by atoms with Gasteiger partial charge in [-0.15, -0.1) is 0 Å². The van der Waals surface area contributed by atoms with Crippen molar-refractivity contribution in [2.24, 2.45) is 0 Å². The fourth-order valence-corrected chi connectivity index (χ4v) is 7.62. The number of aromatic carboxylic acids is 1. The van der Waals surface area contributed by atoms with Crippen LogP contribution in [0.1, 0.15) is 100 Å². The van der Waals surface area contributed by atoms with Crippen molar-refractivity contribution in [2.45, 2.75) is 108 Å². The van der Waals surface area contributed by atoms with E-state index >= 15 is 0 Å². The van der Waals surface area contributed by atoms with Gasteiger partial charge >= 0.3 is 35.9 Å². The molecule has 4 amide bonds. The normalized spacial score (nSPS) is 12.2. The van der Waals surface area contributed by atoms with Gasteiger partial charge in [0, 0.05) is 66.7 Å². The van der Waals surface area contributed by atoms with E-state index in [1.807, 2.05) is 0 Å². The smallest absolute Gasteiger partial charge is 0.336 e. The zero-order valence-corrected chi connectivity index (χ0v) is 38.7. The average Bonchev–Trinajstić information content (AvgIpc) is 3.29. The van der Waals surface area contributed by atoms with Gasteiger partial charge in [-0.25, -0.2) is 24.0 Å². The van der Waals surface area contributed by atoms with Gasteiger partial charge in [-0.3, -0.25) is 19.2 Å². The number of nitrogens with one attached hydrogen (secondary N) is 6. The number of carbonyl (C=O) groups is 8. The molecule has 1 aliphatic heterocycles. The van der Waals surface area contributed by atoms with E-state index in [1.165, 1.54) is 30.3 Å².